The van der Waals surface area contributed by atoms with Crippen LogP contribution in [-0.4, -0.2) is 24.9 Å². The maximum atomic E-state index is 12.2. The number of halogens is 1. The van der Waals surface area contributed by atoms with Gasteiger partial charge in [0, 0.05) is 22.0 Å². The third kappa shape index (κ3) is 4.36. The number of benzene rings is 2. The zero-order valence-electron chi connectivity index (χ0n) is 13.3. The van der Waals surface area contributed by atoms with Gasteiger partial charge in [-0.05, 0) is 42.8 Å². The Morgan fingerprint density at radius 1 is 1.17 bits per heavy atom. The van der Waals surface area contributed by atoms with Crippen molar-refractivity contribution >= 4 is 35.0 Å². The minimum atomic E-state index is -0.0718. The molecule has 1 aliphatic rings. The fraction of sp³-hybridized carbons (Fsp3) is 0.278. The van der Waals surface area contributed by atoms with Gasteiger partial charge in [-0.15, -0.1) is 11.8 Å². The maximum Gasteiger partial charge on any atom is 0.234 e. The predicted octanol–water partition coefficient (Wildman–Crippen LogP) is 4.54. The number of amides is 1. The van der Waals surface area contributed by atoms with Crippen molar-refractivity contribution in [1.82, 2.24) is 0 Å². The molecule has 1 aliphatic heterocycles. The number of rotatable bonds is 4. The number of hydrogen-bond acceptors (Lipinski definition) is 4. The lowest BCUT2D eigenvalue weighted by atomic mass is 10.2. The fourth-order valence-corrected chi connectivity index (χ4v) is 3.19. The zero-order valence-corrected chi connectivity index (χ0v) is 14.9. The Bertz CT molecular complexity index is 751. The summed E-state index contributed by atoms with van der Waals surface area (Å²) in [7, 11) is 0. The van der Waals surface area contributed by atoms with E-state index in [2.05, 4.69) is 5.32 Å². The molecule has 0 saturated carbocycles. The van der Waals surface area contributed by atoms with E-state index in [0.717, 1.165) is 34.1 Å². The van der Waals surface area contributed by atoms with Crippen LogP contribution in [0.5, 0.6) is 11.5 Å². The smallest absolute Gasteiger partial charge is 0.234 e. The van der Waals surface area contributed by atoms with E-state index in [1.54, 1.807) is 12.1 Å². The summed E-state index contributed by atoms with van der Waals surface area (Å²) < 4.78 is 11.3. The van der Waals surface area contributed by atoms with Crippen LogP contribution in [0.1, 0.15) is 12.0 Å². The standard InChI is InChI=1S/C18H18ClNO3S/c1-12-3-4-13(19)9-15(12)20-18(21)11-24-14-5-6-16-17(10-14)23-8-2-7-22-16/h3-6,9-10H,2,7-8,11H2,1H3,(H,20,21). The topological polar surface area (TPSA) is 47.6 Å². The summed E-state index contributed by atoms with van der Waals surface area (Å²) in [6.45, 7) is 3.25. The number of hydrogen-bond donors (Lipinski definition) is 1. The first-order chi connectivity index (χ1) is 11.6. The average molecular weight is 364 g/mol. The van der Waals surface area contributed by atoms with Gasteiger partial charge in [0.05, 0.1) is 19.0 Å². The number of aryl methyl sites for hydroxylation is 1. The van der Waals surface area contributed by atoms with E-state index >= 15 is 0 Å². The molecule has 0 spiro atoms. The monoisotopic (exact) mass is 363 g/mol. The van der Waals surface area contributed by atoms with Crippen molar-refractivity contribution in [2.24, 2.45) is 0 Å². The fourth-order valence-electron chi connectivity index (χ4n) is 2.30. The van der Waals surface area contributed by atoms with Crippen LogP contribution in [0.15, 0.2) is 41.3 Å². The van der Waals surface area contributed by atoms with Gasteiger partial charge < -0.3 is 14.8 Å². The van der Waals surface area contributed by atoms with E-state index in [1.165, 1.54) is 11.8 Å². The lowest BCUT2D eigenvalue weighted by Gasteiger charge is -2.10. The van der Waals surface area contributed by atoms with Gasteiger partial charge in [-0.3, -0.25) is 4.79 Å². The van der Waals surface area contributed by atoms with Gasteiger partial charge in [0.2, 0.25) is 5.91 Å². The molecular formula is C18H18ClNO3S. The number of anilines is 1. The number of fused-ring (bicyclic) bond motifs is 1. The summed E-state index contributed by atoms with van der Waals surface area (Å²) >= 11 is 7.43. The molecule has 2 aromatic carbocycles. The Labute approximate surface area is 150 Å². The molecule has 4 nitrogen and oxygen atoms in total. The largest absolute Gasteiger partial charge is 0.490 e. The van der Waals surface area contributed by atoms with Crippen molar-refractivity contribution in [2.45, 2.75) is 18.2 Å². The molecule has 1 amide bonds. The van der Waals surface area contributed by atoms with Crippen LogP contribution in [0, 0.1) is 6.92 Å². The van der Waals surface area contributed by atoms with E-state index in [4.69, 9.17) is 21.1 Å². The molecule has 2 aromatic rings. The Balaban J connectivity index is 1.60. The van der Waals surface area contributed by atoms with E-state index < -0.39 is 0 Å². The molecule has 1 N–H and O–H groups in total. The molecule has 0 aliphatic carbocycles. The van der Waals surface area contributed by atoms with Gasteiger partial charge in [-0.2, -0.15) is 0 Å². The molecule has 0 atom stereocenters. The van der Waals surface area contributed by atoms with Crippen LogP contribution in [0.3, 0.4) is 0 Å². The van der Waals surface area contributed by atoms with Crippen LogP contribution >= 0.6 is 23.4 Å². The molecule has 0 aromatic heterocycles. The second-order valence-electron chi connectivity index (χ2n) is 5.46. The van der Waals surface area contributed by atoms with Crippen LogP contribution in [0.25, 0.3) is 0 Å². The summed E-state index contributed by atoms with van der Waals surface area (Å²) in [5.41, 5.74) is 1.72. The highest BCUT2D eigenvalue weighted by molar-refractivity contribution is 8.00. The number of carbonyl (C=O) groups is 1. The molecule has 0 bridgehead atoms. The van der Waals surface area contributed by atoms with E-state index in [-0.39, 0.29) is 5.91 Å². The van der Waals surface area contributed by atoms with Crippen molar-refractivity contribution in [3.8, 4) is 11.5 Å². The van der Waals surface area contributed by atoms with Crippen molar-refractivity contribution in [3.05, 3.63) is 47.0 Å². The molecule has 0 saturated heterocycles. The van der Waals surface area contributed by atoms with Gasteiger partial charge in [-0.1, -0.05) is 17.7 Å². The van der Waals surface area contributed by atoms with Crippen LogP contribution in [-0.2, 0) is 4.79 Å². The van der Waals surface area contributed by atoms with Crippen molar-refractivity contribution < 1.29 is 14.3 Å². The van der Waals surface area contributed by atoms with Crippen molar-refractivity contribution in [3.63, 3.8) is 0 Å². The van der Waals surface area contributed by atoms with Crippen LogP contribution in [0.4, 0.5) is 5.69 Å². The Hall–Kier alpha value is -1.85. The van der Waals surface area contributed by atoms with E-state index in [0.29, 0.717) is 24.0 Å². The summed E-state index contributed by atoms with van der Waals surface area (Å²) in [4.78, 5) is 13.1. The van der Waals surface area contributed by atoms with Gasteiger partial charge in [0.15, 0.2) is 11.5 Å². The molecule has 126 valence electrons. The van der Waals surface area contributed by atoms with Crippen LogP contribution < -0.4 is 14.8 Å². The highest BCUT2D eigenvalue weighted by atomic mass is 35.5. The number of thioether (sulfide) groups is 1. The third-order valence-electron chi connectivity index (χ3n) is 3.56. The molecule has 6 heteroatoms. The second-order valence-corrected chi connectivity index (χ2v) is 6.94. The summed E-state index contributed by atoms with van der Waals surface area (Å²) in [5, 5.41) is 3.50. The summed E-state index contributed by atoms with van der Waals surface area (Å²) in [6.07, 6.45) is 0.874. The number of carbonyl (C=O) groups excluding carboxylic acids is 1. The first kappa shape index (κ1) is 17.0. The summed E-state index contributed by atoms with van der Waals surface area (Å²) in [6, 6.07) is 11.2. The quantitative estimate of drug-likeness (QED) is 0.810. The second kappa shape index (κ2) is 7.81. The highest BCUT2D eigenvalue weighted by Crippen LogP contribution is 2.34. The van der Waals surface area contributed by atoms with Crippen LogP contribution in [0.2, 0.25) is 5.02 Å². The molecular weight excluding hydrogens is 346 g/mol. The van der Waals surface area contributed by atoms with Crippen molar-refractivity contribution in [2.75, 3.05) is 24.3 Å². The summed E-state index contributed by atoms with van der Waals surface area (Å²) in [5.74, 6) is 1.74. The van der Waals surface area contributed by atoms with Crippen molar-refractivity contribution in [1.29, 1.82) is 0 Å². The first-order valence-electron chi connectivity index (χ1n) is 7.70. The average Bonchev–Trinajstić information content (AvgIpc) is 2.81. The third-order valence-corrected chi connectivity index (χ3v) is 4.79. The molecule has 24 heavy (non-hydrogen) atoms. The Morgan fingerprint density at radius 2 is 1.96 bits per heavy atom. The molecule has 0 fully saturated rings. The number of nitrogens with one attached hydrogen (secondary N) is 1. The predicted molar refractivity (Wildman–Crippen MR) is 97.6 cm³/mol. The highest BCUT2D eigenvalue weighted by Gasteiger charge is 2.12. The molecule has 3 rings (SSSR count). The molecule has 0 unspecified atom stereocenters. The Morgan fingerprint density at radius 3 is 2.79 bits per heavy atom. The number of ether oxygens (including phenoxy) is 2. The normalized spacial score (nSPS) is 13.2. The minimum absolute atomic E-state index is 0.0718. The maximum absolute atomic E-state index is 12.2. The molecule has 1 heterocycles. The Kier molecular flexibility index (Phi) is 5.53. The first-order valence-corrected chi connectivity index (χ1v) is 9.06. The van der Waals surface area contributed by atoms with Gasteiger partial charge in [-0.25, -0.2) is 0 Å². The molecule has 0 radical (unpaired) electrons. The minimum Gasteiger partial charge on any atom is -0.490 e. The van der Waals surface area contributed by atoms with Gasteiger partial charge in [0.25, 0.3) is 0 Å². The van der Waals surface area contributed by atoms with Gasteiger partial charge >= 0.3 is 0 Å². The lowest BCUT2D eigenvalue weighted by Crippen LogP contribution is -2.14. The zero-order chi connectivity index (χ0) is 16.9. The van der Waals surface area contributed by atoms with E-state index in [1.807, 2.05) is 31.2 Å². The SMILES string of the molecule is Cc1ccc(Cl)cc1NC(=O)CSc1ccc2c(c1)OCCCO2. The van der Waals surface area contributed by atoms with E-state index in [9.17, 15) is 4.79 Å². The van der Waals surface area contributed by atoms with Gasteiger partial charge in [0.1, 0.15) is 0 Å². The lowest BCUT2D eigenvalue weighted by molar-refractivity contribution is -0.113.